The molecule has 14 aromatic rings. The number of para-hydroxylation sites is 1. The molecule has 9 aromatic carbocycles. The molecule has 0 aliphatic heterocycles. The van der Waals surface area contributed by atoms with E-state index in [1.807, 2.05) is 116 Å². The van der Waals surface area contributed by atoms with Crippen molar-refractivity contribution in [2.75, 3.05) is 84.5 Å². The maximum atomic E-state index is 13.4. The standard InChI is InChI=1S/C23H32N4O4S2.C21H26N4O3S.C19H16N4O5.C15H13Cl2NO2.C15H12FN3OS2.C11H13N3S/c1-16(28)9-10-18(24)21(29)25-12-3-2-7-19(27-23(31)20-8-5-15-33-20)22(30)26-13-11-17-6-4-14-32-17;1-2-12-23-20(27)17(25-21(28)18-7-5-14-29-18)6-3-4-13-24-19(26)15-8-10-16(22)11-9-15;20-15-7-14(8-16(10-15)23(26)27)19(25)22-21-18(24)11-28-17-6-5-12-3-1-2-4-13(12)9-17;1-9-3-6-14(20-2)13(7-9)18-15(19)11-5-4-10(16)8-12(11)17;16-10-3-1-2-4-11(10)18-14(20)8-21-15-19-12-6-5-9(17)7-13(12)22-15;1-6(2)13-11-14-10-7(3)4-8(12)5-9(10)15-11/h4-6,8,14-15,18-19,28H,1-3,7,9-13,24H2,(H,25,29)(H,26,30)(H,27,31);2,5,7-11,14,17H,1,3-4,6,12-13,22H2,(H,23,27)(H,24,26)(H,25,28);1-10H,11,20H2,(H,21,24)(H,22,25);3-8H,1-2H3,(H,18,19);1-7H,8,17H2,(H,18,20);4-5H,1,12H2,2-3H3,(H,13,14)/t18-,19-;17-;;;;/m11..../s1. The topological polar surface area (TPSA) is 541 Å². The summed E-state index contributed by atoms with van der Waals surface area (Å²) in [5, 5.41) is 54.5. The van der Waals surface area contributed by atoms with Gasteiger partial charge in [-0.2, -0.15) is 0 Å². The summed E-state index contributed by atoms with van der Waals surface area (Å²) in [6.07, 6.45) is 6.47. The quantitative estimate of drug-likeness (QED) is 0.00322. The van der Waals surface area contributed by atoms with E-state index in [1.54, 1.807) is 133 Å². The highest BCUT2D eigenvalue weighted by molar-refractivity contribution is 8.01. The van der Waals surface area contributed by atoms with E-state index >= 15 is 0 Å². The number of thiazole rings is 2. The van der Waals surface area contributed by atoms with Gasteiger partial charge < -0.3 is 91.1 Å². The highest BCUT2D eigenvalue weighted by Gasteiger charge is 2.26. The molecule has 10 amide bonds. The van der Waals surface area contributed by atoms with E-state index < -0.39 is 40.7 Å². The molecule has 14 rings (SSSR count). The van der Waals surface area contributed by atoms with E-state index in [0.717, 1.165) is 81.7 Å². The first kappa shape index (κ1) is 115. The number of aryl methyl sites for hydroxylation is 2. The number of hydrogen-bond donors (Lipinski definition) is 17. The molecule has 0 spiro atoms. The van der Waals surface area contributed by atoms with Gasteiger partial charge in [-0.15, -0.1) is 51.9 Å². The number of fused-ring (bicyclic) bond motifs is 3. The number of non-ortho nitro benzene ring substituents is 1. The van der Waals surface area contributed by atoms with Crippen molar-refractivity contribution in [2.45, 2.75) is 101 Å². The number of allylic oxidation sites excluding steroid dienone is 2. The molecule has 0 aliphatic carbocycles. The number of nitrogens with two attached hydrogens (primary N) is 5. The van der Waals surface area contributed by atoms with Crippen LogP contribution in [0.25, 0.3) is 31.2 Å². The van der Waals surface area contributed by atoms with Gasteiger partial charge in [-0.3, -0.25) is 68.9 Å². The fraction of sp³-hybridized carbons (Fsp3) is 0.212. The molecule has 0 unspecified atom stereocenters. The Hall–Kier alpha value is -15.3. The van der Waals surface area contributed by atoms with Crippen LogP contribution in [0, 0.1) is 29.8 Å². The predicted molar refractivity (Wildman–Crippen MR) is 590 cm³/mol. The minimum absolute atomic E-state index is 0.00236. The summed E-state index contributed by atoms with van der Waals surface area (Å²) >= 11 is 20.5. The van der Waals surface area contributed by atoms with Gasteiger partial charge in [0, 0.05) is 94.2 Å². The van der Waals surface area contributed by atoms with Gasteiger partial charge in [-0.05, 0) is 244 Å². The second-order valence-electron chi connectivity index (χ2n) is 32.3. The molecular formula is C104H112Cl2FN19O15S6. The number of nitrogens with one attached hydrogen (secondary N) is 11. The number of nitrogens with zero attached hydrogens (tertiary/aromatic N) is 3. The molecule has 5 heterocycles. The van der Waals surface area contributed by atoms with Crippen LogP contribution in [0.3, 0.4) is 0 Å². The number of carbonyl (C=O) groups is 10. The van der Waals surface area contributed by atoms with Crippen LogP contribution >= 0.6 is 91.6 Å². The van der Waals surface area contributed by atoms with Crippen molar-refractivity contribution in [1.29, 1.82) is 0 Å². The van der Waals surface area contributed by atoms with E-state index in [9.17, 15) is 62.5 Å². The second-order valence-corrected chi connectivity index (χ2v) is 39.4. The molecular weight excluding hydrogens is 2040 g/mol. The first-order chi connectivity index (χ1) is 70.5. The van der Waals surface area contributed by atoms with Crippen LogP contribution in [-0.2, 0) is 30.4 Å². The first-order valence-corrected chi connectivity index (χ1v) is 51.5. The average molecular weight is 2150 g/mol. The molecule has 0 saturated heterocycles. The van der Waals surface area contributed by atoms with E-state index in [4.69, 9.17) is 66.5 Å². The van der Waals surface area contributed by atoms with Crippen LogP contribution in [-0.4, -0.2) is 143 Å². The van der Waals surface area contributed by atoms with Gasteiger partial charge in [-0.1, -0.05) is 132 Å². The van der Waals surface area contributed by atoms with E-state index in [0.29, 0.717) is 131 Å². The molecule has 147 heavy (non-hydrogen) atoms. The second kappa shape index (κ2) is 59.8. The minimum atomic E-state index is -0.741. The SMILES string of the molecule is C=C(C)Nc1nc2c(C)cc(N)cc2s1.C=C(O)CC[C@@H](N)C(=O)NCCCC[C@@H](NC(=O)c1cccs1)C(=O)NCCc1cccs1.C=CCNC(=O)[C@@H](CCCCNC(=O)c1ccc(N)cc1)NC(=O)c1cccs1.COc1ccc(C)cc1NC(=O)c1ccc(Cl)cc1Cl.Nc1cc(C(=O)NNC(=O)COc2ccc3ccccc3c2)cc([N+](=O)[O-])c1.Nc1ccc2nc(SCC(=O)Nc3ccccc3F)sc2c1. The van der Waals surface area contributed by atoms with Gasteiger partial charge in [0.25, 0.3) is 41.1 Å². The smallest absolute Gasteiger partial charge is 0.276 e. The number of nitrogen functional groups attached to an aromatic ring is 4. The lowest BCUT2D eigenvalue weighted by molar-refractivity contribution is -0.384. The molecule has 0 fully saturated rings. The Morgan fingerprint density at radius 3 is 1.85 bits per heavy atom. The van der Waals surface area contributed by atoms with Crippen molar-refractivity contribution in [2.24, 2.45) is 5.73 Å². The highest BCUT2D eigenvalue weighted by Crippen LogP contribution is 2.34. The fourth-order valence-corrected chi connectivity index (χ4v) is 18.7. The van der Waals surface area contributed by atoms with Crippen molar-refractivity contribution in [3.05, 3.63) is 334 Å². The van der Waals surface area contributed by atoms with Gasteiger partial charge in [-0.25, -0.2) is 14.4 Å². The van der Waals surface area contributed by atoms with Gasteiger partial charge in [0.15, 0.2) is 16.1 Å². The number of aliphatic hydroxyl groups excluding tert-OH is 1. The number of aromatic nitrogens is 2. The van der Waals surface area contributed by atoms with Gasteiger partial charge in [0.2, 0.25) is 23.6 Å². The van der Waals surface area contributed by atoms with Crippen molar-refractivity contribution >= 4 is 227 Å². The molecule has 0 saturated carbocycles. The molecule has 34 nitrogen and oxygen atoms in total. The Morgan fingerprint density at radius 2 is 1.21 bits per heavy atom. The number of thiophene rings is 3. The largest absolute Gasteiger partial charge is 0.513 e. The maximum absolute atomic E-state index is 13.4. The van der Waals surface area contributed by atoms with Crippen LogP contribution in [0.15, 0.2) is 270 Å². The van der Waals surface area contributed by atoms with E-state index in [2.05, 4.69) is 88.4 Å². The number of nitro benzene ring substituents is 1. The summed E-state index contributed by atoms with van der Waals surface area (Å²) in [5.41, 5.74) is 41.1. The Morgan fingerprint density at radius 1 is 0.571 bits per heavy atom. The Labute approximate surface area is 881 Å². The number of thioether (sulfide) groups is 1. The van der Waals surface area contributed by atoms with Crippen molar-refractivity contribution in [1.82, 2.24) is 52.7 Å². The summed E-state index contributed by atoms with van der Waals surface area (Å²) in [4.78, 5) is 143. The Kier molecular flexibility index (Phi) is 46.9. The summed E-state index contributed by atoms with van der Waals surface area (Å²) in [7, 11) is 1.55. The first-order valence-electron chi connectivity index (χ1n) is 45.5. The zero-order valence-electron chi connectivity index (χ0n) is 80.5. The average Bonchev–Trinajstić information content (AvgIpc) is 1.66. The summed E-state index contributed by atoms with van der Waals surface area (Å²) in [5.74, 6) is -2.56. The molecule has 0 bridgehead atoms. The zero-order valence-corrected chi connectivity index (χ0v) is 86.9. The normalized spacial score (nSPS) is 11.1. The number of amides is 10. The highest BCUT2D eigenvalue weighted by atomic mass is 35.5. The van der Waals surface area contributed by atoms with Crippen molar-refractivity contribution in [3.8, 4) is 11.5 Å². The lowest BCUT2D eigenvalue weighted by atomic mass is 10.1. The number of anilines is 7. The number of aliphatic hydroxyl groups is 1. The number of unbranched alkanes of at least 4 members (excludes halogenated alkanes) is 2. The summed E-state index contributed by atoms with van der Waals surface area (Å²) < 4.78 is 26.9. The summed E-state index contributed by atoms with van der Waals surface area (Å²) in [6, 6.07) is 58.0. The van der Waals surface area contributed by atoms with Crippen LogP contribution in [0.1, 0.15) is 125 Å². The molecule has 770 valence electrons. The number of hydrogen-bond acceptors (Lipinski definition) is 29. The Bertz CT molecular complexity index is 6880. The van der Waals surface area contributed by atoms with Crippen LogP contribution in [0.4, 0.5) is 49.3 Å². The maximum Gasteiger partial charge on any atom is 0.276 e. The van der Waals surface area contributed by atoms with Gasteiger partial charge >= 0.3 is 0 Å². The van der Waals surface area contributed by atoms with Crippen LogP contribution in [0.2, 0.25) is 10.0 Å². The monoisotopic (exact) mass is 2150 g/mol. The van der Waals surface area contributed by atoms with Crippen LogP contribution < -0.4 is 96.8 Å². The molecule has 3 atom stereocenters. The number of halogens is 3. The number of ether oxygens (including phenoxy) is 2. The molecule has 22 N–H and O–H groups in total. The minimum Gasteiger partial charge on any atom is -0.513 e. The molecule has 5 aromatic heterocycles. The molecule has 0 radical (unpaired) electrons. The predicted octanol–water partition coefficient (Wildman–Crippen LogP) is 18.7. The number of hydrazine groups is 1. The number of rotatable bonds is 40. The number of benzene rings is 9. The van der Waals surface area contributed by atoms with Gasteiger partial charge in [0.05, 0.1) is 81.7 Å². The third-order valence-electron chi connectivity index (χ3n) is 20.6. The fourth-order valence-electron chi connectivity index (χ4n) is 13.3. The number of nitro groups is 1. The number of methoxy groups -OCH3 is 1. The van der Waals surface area contributed by atoms with Crippen molar-refractivity contribution in [3.63, 3.8) is 0 Å². The van der Waals surface area contributed by atoms with Crippen molar-refractivity contribution < 1.29 is 71.8 Å². The number of carbonyl (C=O) groups excluding carboxylic acids is 10. The molecule has 43 heteroatoms. The third-order valence-corrected chi connectivity index (χ3v) is 26.9. The van der Waals surface area contributed by atoms with Crippen LogP contribution in [0.5, 0.6) is 11.5 Å². The van der Waals surface area contributed by atoms with Gasteiger partial charge in [0.1, 0.15) is 29.4 Å². The lowest BCUT2D eigenvalue weighted by Crippen LogP contribution is -2.47. The zero-order chi connectivity index (χ0) is 106. The lowest BCUT2D eigenvalue weighted by Gasteiger charge is -2.18. The third kappa shape index (κ3) is 39.6. The molecule has 0 aliphatic rings. The van der Waals surface area contributed by atoms with E-state index in [1.165, 1.54) is 74.9 Å². The summed E-state index contributed by atoms with van der Waals surface area (Å²) in [6.45, 7) is 18.0. The Balaban J connectivity index is 0.000000199. The van der Waals surface area contributed by atoms with E-state index in [-0.39, 0.29) is 94.4 Å².